The van der Waals surface area contributed by atoms with E-state index in [0.717, 1.165) is 25.7 Å². The number of unbranched alkanes of at least 4 members (excludes halogenated alkanes) is 5. The van der Waals surface area contributed by atoms with Gasteiger partial charge in [0.25, 0.3) is 0 Å². The van der Waals surface area contributed by atoms with E-state index in [4.69, 9.17) is 9.47 Å². The Labute approximate surface area is 228 Å². The van der Waals surface area contributed by atoms with Crippen molar-refractivity contribution in [2.45, 2.75) is 89.5 Å². The largest absolute Gasteiger partial charge is 0.491 e. The summed E-state index contributed by atoms with van der Waals surface area (Å²) in [7, 11) is 0. The molecule has 0 bridgehead atoms. The predicted octanol–water partition coefficient (Wildman–Crippen LogP) is 7.40. The van der Waals surface area contributed by atoms with Gasteiger partial charge in [-0.05, 0) is 17.5 Å². The van der Waals surface area contributed by atoms with E-state index in [0.29, 0.717) is 17.5 Å². The number of hydrogen-bond acceptors (Lipinski definition) is 6. The highest BCUT2D eigenvalue weighted by Crippen LogP contribution is 2.34. The van der Waals surface area contributed by atoms with Crippen molar-refractivity contribution in [3.8, 4) is 0 Å². The van der Waals surface area contributed by atoms with E-state index in [1.54, 1.807) is 48.5 Å². The van der Waals surface area contributed by atoms with Gasteiger partial charge < -0.3 is 18.9 Å². The van der Waals surface area contributed by atoms with Crippen LogP contribution in [-0.2, 0) is 41.8 Å². The van der Waals surface area contributed by atoms with Crippen LogP contribution < -0.4 is 0 Å². The van der Waals surface area contributed by atoms with Crippen LogP contribution in [0.2, 0.25) is 0 Å². The van der Waals surface area contributed by atoms with Crippen molar-refractivity contribution < 1.29 is 54.9 Å². The van der Waals surface area contributed by atoms with Gasteiger partial charge in [-0.15, -0.1) is 0 Å². The fourth-order valence-electron chi connectivity index (χ4n) is 3.68. The molecule has 12 heteroatoms. The minimum absolute atomic E-state index is 0.243. The zero-order valence-corrected chi connectivity index (χ0v) is 21.9. The quantitative estimate of drug-likeness (QED) is 0.0895. The van der Waals surface area contributed by atoms with E-state index in [1.807, 2.05) is 6.92 Å². The zero-order valence-electron chi connectivity index (χ0n) is 21.9. The average molecular weight is 579 g/mol. The van der Waals surface area contributed by atoms with Crippen molar-refractivity contribution in [3.63, 3.8) is 0 Å². The van der Waals surface area contributed by atoms with E-state index in [9.17, 15) is 35.9 Å². The summed E-state index contributed by atoms with van der Waals surface area (Å²) in [6.45, 7) is 1.03. The molecular weight excluding hydrogens is 546 g/mol. The number of esters is 2. The highest BCUT2D eigenvalue weighted by molar-refractivity contribution is 5.78. The Morgan fingerprint density at radius 1 is 0.675 bits per heavy atom. The number of ether oxygens (including phenoxy) is 4. The lowest BCUT2D eigenvalue weighted by molar-refractivity contribution is -0.403. The fraction of sp³-hybridized carbons (Fsp3) is 0.500. The first-order valence-corrected chi connectivity index (χ1v) is 12.8. The van der Waals surface area contributed by atoms with Crippen LogP contribution in [-0.4, -0.2) is 36.4 Å². The Balaban J connectivity index is 2.50. The molecule has 0 saturated carbocycles. The molecule has 0 aliphatic rings. The van der Waals surface area contributed by atoms with Gasteiger partial charge in [0.1, 0.15) is 0 Å². The molecule has 1 atom stereocenters. The van der Waals surface area contributed by atoms with Crippen molar-refractivity contribution in [2.24, 2.45) is 0 Å². The summed E-state index contributed by atoms with van der Waals surface area (Å²) in [6, 6.07) is 15.9. The molecule has 1 unspecified atom stereocenters. The lowest BCUT2D eigenvalue weighted by atomic mass is 10.1. The third kappa shape index (κ3) is 11.2. The standard InChI is InChI=1S/C28H32F6O6/c1-2-3-4-5-6-13-18-23(37-19-21-14-9-7-10-15-21)28(39-24(35)26(29,30)31,40-25(36)27(32,33)34)38-20-22-16-11-8-12-17-22/h7-12,14-17,23H,2-6,13,18-20H2,1H3. The minimum atomic E-state index is -5.64. The highest BCUT2D eigenvalue weighted by Gasteiger charge is 2.57. The van der Waals surface area contributed by atoms with E-state index in [2.05, 4.69) is 9.47 Å². The first-order chi connectivity index (χ1) is 18.9. The smallest absolute Gasteiger partial charge is 0.389 e. The van der Waals surface area contributed by atoms with E-state index in [-0.39, 0.29) is 19.4 Å². The maximum absolute atomic E-state index is 13.3. The molecule has 0 fully saturated rings. The van der Waals surface area contributed by atoms with Crippen LogP contribution in [0.15, 0.2) is 60.7 Å². The molecule has 6 nitrogen and oxygen atoms in total. The second-order valence-corrected chi connectivity index (χ2v) is 8.99. The molecule has 0 aliphatic carbocycles. The fourth-order valence-corrected chi connectivity index (χ4v) is 3.68. The molecule has 2 aromatic carbocycles. The summed E-state index contributed by atoms with van der Waals surface area (Å²) < 4.78 is 100.0. The Morgan fingerprint density at radius 2 is 1.12 bits per heavy atom. The number of hydrogen-bond donors (Lipinski definition) is 0. The molecule has 0 radical (unpaired) electrons. The maximum atomic E-state index is 13.3. The van der Waals surface area contributed by atoms with Gasteiger partial charge in [-0.25, -0.2) is 9.59 Å². The number of carbonyl (C=O) groups excluding carboxylic acids is 2. The number of halogens is 6. The third-order valence-electron chi connectivity index (χ3n) is 5.72. The van der Waals surface area contributed by atoms with Gasteiger partial charge in [-0.2, -0.15) is 26.3 Å². The number of benzene rings is 2. The van der Waals surface area contributed by atoms with Crippen LogP contribution in [0.5, 0.6) is 0 Å². The maximum Gasteiger partial charge on any atom is 0.491 e. The summed E-state index contributed by atoms with van der Waals surface area (Å²) in [5.41, 5.74) is 0.802. The topological polar surface area (TPSA) is 71.1 Å². The zero-order chi connectivity index (χ0) is 29.7. The third-order valence-corrected chi connectivity index (χ3v) is 5.72. The first kappa shape index (κ1) is 33.1. The van der Waals surface area contributed by atoms with Crippen molar-refractivity contribution in [2.75, 3.05) is 0 Å². The predicted molar refractivity (Wildman–Crippen MR) is 131 cm³/mol. The van der Waals surface area contributed by atoms with Crippen molar-refractivity contribution in [1.82, 2.24) is 0 Å². The summed E-state index contributed by atoms with van der Waals surface area (Å²) >= 11 is 0. The molecule has 0 amide bonds. The highest BCUT2D eigenvalue weighted by atomic mass is 19.4. The molecule has 0 aromatic heterocycles. The molecule has 0 N–H and O–H groups in total. The molecule has 0 spiro atoms. The second-order valence-electron chi connectivity index (χ2n) is 8.99. The molecular formula is C28H32F6O6. The summed E-state index contributed by atoms with van der Waals surface area (Å²) in [4.78, 5) is 24.0. The van der Waals surface area contributed by atoms with E-state index in [1.165, 1.54) is 12.1 Å². The lowest BCUT2D eigenvalue weighted by Gasteiger charge is -2.38. The summed E-state index contributed by atoms with van der Waals surface area (Å²) in [5, 5.41) is 0. The lowest BCUT2D eigenvalue weighted by Crippen LogP contribution is -2.56. The van der Waals surface area contributed by atoms with Gasteiger partial charge >= 0.3 is 30.3 Å². The normalized spacial score (nSPS) is 13.1. The van der Waals surface area contributed by atoms with Crippen LogP contribution in [0.1, 0.15) is 63.0 Å². The van der Waals surface area contributed by atoms with Gasteiger partial charge in [0.05, 0.1) is 13.2 Å². The van der Waals surface area contributed by atoms with Crippen LogP contribution in [0.25, 0.3) is 0 Å². The van der Waals surface area contributed by atoms with Gasteiger partial charge in [-0.3, -0.25) is 0 Å². The molecule has 0 heterocycles. The van der Waals surface area contributed by atoms with Crippen LogP contribution in [0.4, 0.5) is 26.3 Å². The van der Waals surface area contributed by atoms with Gasteiger partial charge in [0.2, 0.25) is 0 Å². The molecule has 222 valence electrons. The Bertz CT molecular complexity index is 999. The Hall–Kier alpha value is -3.12. The van der Waals surface area contributed by atoms with Gasteiger partial charge in [0, 0.05) is 0 Å². The Kier molecular flexibility index (Phi) is 12.9. The Morgan fingerprint density at radius 3 is 1.60 bits per heavy atom. The number of rotatable bonds is 16. The summed E-state index contributed by atoms with van der Waals surface area (Å²) in [5.74, 6) is -9.33. The second kappa shape index (κ2) is 15.6. The molecule has 0 saturated heterocycles. The molecule has 40 heavy (non-hydrogen) atoms. The van der Waals surface area contributed by atoms with Crippen molar-refractivity contribution in [3.05, 3.63) is 71.8 Å². The van der Waals surface area contributed by atoms with Crippen LogP contribution in [0, 0.1) is 0 Å². The van der Waals surface area contributed by atoms with Crippen molar-refractivity contribution >= 4 is 11.9 Å². The van der Waals surface area contributed by atoms with Gasteiger partial charge in [-0.1, -0.05) is 106 Å². The van der Waals surface area contributed by atoms with Crippen LogP contribution >= 0.6 is 0 Å². The molecule has 2 aromatic rings. The first-order valence-electron chi connectivity index (χ1n) is 12.8. The van der Waals surface area contributed by atoms with Gasteiger partial charge in [0.15, 0.2) is 6.10 Å². The minimum Gasteiger partial charge on any atom is -0.389 e. The summed E-state index contributed by atoms with van der Waals surface area (Å²) in [6.07, 6.45) is -9.08. The van der Waals surface area contributed by atoms with E-state index >= 15 is 0 Å². The van der Waals surface area contributed by atoms with E-state index < -0.39 is 43.0 Å². The number of alkyl halides is 6. The SMILES string of the molecule is CCCCCCCCC(OCc1ccccc1)C(OCc1ccccc1)(OC(=O)C(F)(F)F)OC(=O)C(F)(F)F. The number of carbonyl (C=O) groups is 2. The molecule has 0 aliphatic heterocycles. The molecule has 2 rings (SSSR count). The van der Waals surface area contributed by atoms with Crippen molar-refractivity contribution in [1.29, 1.82) is 0 Å². The average Bonchev–Trinajstić information content (AvgIpc) is 2.91. The van der Waals surface area contributed by atoms with Crippen LogP contribution in [0.3, 0.4) is 0 Å². The monoisotopic (exact) mass is 578 g/mol.